The Hall–Kier alpha value is -2.19. The molecular weight excluding hydrogens is 460 g/mol. The summed E-state index contributed by atoms with van der Waals surface area (Å²) in [5.74, 6) is -2.51. The number of hydrogen-bond donors (Lipinski definition) is 1. The predicted octanol–water partition coefficient (Wildman–Crippen LogP) is 3.24. The van der Waals surface area contributed by atoms with Crippen LogP contribution in [0.2, 0.25) is 0 Å². The molecule has 0 saturated carbocycles. The van der Waals surface area contributed by atoms with Crippen molar-refractivity contribution >= 4 is 17.8 Å². The van der Waals surface area contributed by atoms with E-state index in [0.29, 0.717) is 32.4 Å². The molecule has 1 spiro atoms. The van der Waals surface area contributed by atoms with Gasteiger partial charge < -0.3 is 24.4 Å². The summed E-state index contributed by atoms with van der Waals surface area (Å²) in [7, 11) is 0. The van der Waals surface area contributed by atoms with Crippen LogP contribution in [-0.2, 0) is 23.9 Å². The number of allylic oxidation sites excluding steroid dienone is 1. The molecule has 8 nitrogen and oxygen atoms in total. The van der Waals surface area contributed by atoms with Gasteiger partial charge in [0.1, 0.15) is 17.6 Å². The minimum atomic E-state index is -1.11. The third-order valence-corrected chi connectivity index (χ3v) is 8.27. The lowest BCUT2D eigenvalue weighted by molar-refractivity contribution is -0.162. The number of fused-ring (bicyclic) bond motifs is 1. The smallest absolute Gasteiger partial charge is 0.312 e. The molecule has 0 aromatic rings. The second kappa shape index (κ2) is 11.9. The topological polar surface area (TPSA) is 96.4 Å². The van der Waals surface area contributed by atoms with Gasteiger partial charge in [-0.3, -0.25) is 14.4 Å². The third-order valence-electron chi connectivity index (χ3n) is 8.27. The minimum absolute atomic E-state index is 0.200. The molecule has 3 rings (SSSR count). The zero-order chi connectivity index (χ0) is 26.5. The van der Waals surface area contributed by atoms with E-state index in [-0.39, 0.29) is 25.0 Å². The van der Waals surface area contributed by atoms with Gasteiger partial charge in [-0.1, -0.05) is 32.4 Å². The SMILES string of the molecule is C=CCCCCOC(=O)[C@@H]1[C@H]2C(=O)N([C@@H](CC)CO)C(C(=O)N(CC=C)CCCC)C23CC[C@@]1(C)O3. The zero-order valence-corrected chi connectivity index (χ0v) is 22.2. The van der Waals surface area contributed by atoms with Gasteiger partial charge in [0.15, 0.2) is 0 Å². The van der Waals surface area contributed by atoms with E-state index in [9.17, 15) is 19.5 Å². The standard InChI is InChI=1S/C28H44N2O6/c1-6-10-12-13-18-35-26(34)22-21-24(32)30(20(9-4)19-31)23(28(21)15-14-27(22,5)36-28)25(33)29(16-8-3)17-11-7-2/h6,8,20-23,31H,1,3,7,9-19H2,2,4-5H3/t20-,21-,22-,23?,27+,28?/m0/s1. The Balaban J connectivity index is 1.97. The quantitative estimate of drug-likeness (QED) is 0.209. The van der Waals surface area contributed by atoms with Crippen molar-refractivity contribution in [3.63, 3.8) is 0 Å². The average Bonchev–Trinajstić information content (AvgIpc) is 3.43. The maximum atomic E-state index is 14.1. The lowest BCUT2D eigenvalue weighted by Crippen LogP contribution is -2.58. The molecule has 3 aliphatic rings. The van der Waals surface area contributed by atoms with Crippen LogP contribution in [0.15, 0.2) is 25.3 Å². The van der Waals surface area contributed by atoms with E-state index in [1.807, 2.05) is 19.9 Å². The van der Waals surface area contributed by atoms with Gasteiger partial charge in [-0.25, -0.2) is 0 Å². The van der Waals surface area contributed by atoms with Gasteiger partial charge in [-0.15, -0.1) is 13.2 Å². The van der Waals surface area contributed by atoms with Crippen molar-refractivity contribution in [2.75, 3.05) is 26.3 Å². The third kappa shape index (κ3) is 4.86. The first-order valence-electron chi connectivity index (χ1n) is 13.6. The number of aliphatic hydroxyl groups is 1. The summed E-state index contributed by atoms with van der Waals surface area (Å²) in [6.45, 7) is 14.3. The Morgan fingerprint density at radius 2 is 2.00 bits per heavy atom. The first-order valence-corrected chi connectivity index (χ1v) is 13.6. The maximum absolute atomic E-state index is 14.1. The molecule has 0 aromatic carbocycles. The fraction of sp³-hybridized carbons (Fsp3) is 0.750. The van der Waals surface area contributed by atoms with Crippen molar-refractivity contribution in [2.45, 2.75) is 95.4 Å². The molecule has 2 bridgehead atoms. The number of unbranched alkanes of at least 4 members (excludes halogenated alkanes) is 3. The van der Waals surface area contributed by atoms with E-state index in [2.05, 4.69) is 20.1 Å². The van der Waals surface area contributed by atoms with Crippen LogP contribution in [0.5, 0.6) is 0 Å². The van der Waals surface area contributed by atoms with Crippen molar-refractivity contribution in [3.05, 3.63) is 25.3 Å². The molecule has 0 aromatic heterocycles. The van der Waals surface area contributed by atoms with Crippen LogP contribution >= 0.6 is 0 Å². The van der Waals surface area contributed by atoms with Crippen molar-refractivity contribution < 1.29 is 29.0 Å². The molecule has 36 heavy (non-hydrogen) atoms. The van der Waals surface area contributed by atoms with Crippen molar-refractivity contribution in [1.29, 1.82) is 0 Å². The molecule has 6 atom stereocenters. The second-order valence-electron chi connectivity index (χ2n) is 10.6. The van der Waals surface area contributed by atoms with Gasteiger partial charge in [0.25, 0.3) is 0 Å². The summed E-state index contributed by atoms with van der Waals surface area (Å²) < 4.78 is 12.3. The van der Waals surface area contributed by atoms with E-state index in [1.165, 1.54) is 4.90 Å². The van der Waals surface area contributed by atoms with Crippen LogP contribution in [0, 0.1) is 11.8 Å². The number of likely N-dealkylation sites (tertiary alicyclic amines) is 1. The van der Waals surface area contributed by atoms with Crippen molar-refractivity contribution in [1.82, 2.24) is 9.80 Å². The molecule has 3 heterocycles. The number of carbonyl (C=O) groups is 3. The number of hydrogen-bond acceptors (Lipinski definition) is 6. The van der Waals surface area contributed by atoms with Crippen LogP contribution in [0.1, 0.15) is 72.1 Å². The Morgan fingerprint density at radius 1 is 1.25 bits per heavy atom. The highest BCUT2D eigenvalue weighted by Crippen LogP contribution is 2.63. The number of amides is 2. The van der Waals surface area contributed by atoms with Crippen molar-refractivity contribution in [3.8, 4) is 0 Å². The number of nitrogens with zero attached hydrogens (tertiary/aromatic N) is 2. The largest absolute Gasteiger partial charge is 0.465 e. The number of aliphatic hydroxyl groups excluding tert-OH is 1. The monoisotopic (exact) mass is 504 g/mol. The minimum Gasteiger partial charge on any atom is -0.465 e. The van der Waals surface area contributed by atoms with Gasteiger partial charge >= 0.3 is 5.97 Å². The van der Waals surface area contributed by atoms with Gasteiger partial charge in [0.05, 0.1) is 30.8 Å². The normalized spacial score (nSPS) is 31.3. The van der Waals surface area contributed by atoms with E-state index in [4.69, 9.17) is 9.47 Å². The highest BCUT2D eigenvalue weighted by Gasteiger charge is 2.79. The first-order chi connectivity index (χ1) is 17.3. The summed E-state index contributed by atoms with van der Waals surface area (Å²) in [6, 6.07) is -1.43. The number of ether oxygens (including phenoxy) is 2. The molecule has 202 valence electrons. The molecule has 0 aliphatic carbocycles. The Bertz CT molecular complexity index is 842. The Kier molecular flexibility index (Phi) is 9.39. The summed E-state index contributed by atoms with van der Waals surface area (Å²) in [5, 5.41) is 10.2. The van der Waals surface area contributed by atoms with Crippen molar-refractivity contribution in [2.24, 2.45) is 11.8 Å². The summed E-state index contributed by atoms with van der Waals surface area (Å²) in [6.07, 6.45) is 9.27. The van der Waals surface area contributed by atoms with Crippen LogP contribution in [0.3, 0.4) is 0 Å². The summed E-state index contributed by atoms with van der Waals surface area (Å²) >= 11 is 0. The lowest BCUT2D eigenvalue weighted by atomic mass is 9.66. The number of carbonyl (C=O) groups excluding carboxylic acids is 3. The fourth-order valence-electron chi connectivity index (χ4n) is 6.43. The maximum Gasteiger partial charge on any atom is 0.312 e. The van der Waals surface area contributed by atoms with Crippen LogP contribution < -0.4 is 0 Å². The van der Waals surface area contributed by atoms with Crippen LogP contribution in [0.4, 0.5) is 0 Å². The molecule has 0 radical (unpaired) electrons. The van der Waals surface area contributed by atoms with Gasteiger partial charge in [0, 0.05) is 13.1 Å². The molecular formula is C28H44N2O6. The molecule has 3 saturated heterocycles. The average molecular weight is 505 g/mol. The van der Waals surface area contributed by atoms with E-state index in [0.717, 1.165) is 32.1 Å². The van der Waals surface area contributed by atoms with Crippen LogP contribution in [-0.4, -0.2) is 82.3 Å². The molecule has 2 unspecified atom stereocenters. The molecule has 1 N–H and O–H groups in total. The number of rotatable bonds is 15. The van der Waals surface area contributed by atoms with Crippen LogP contribution in [0.25, 0.3) is 0 Å². The summed E-state index contributed by atoms with van der Waals surface area (Å²) in [4.78, 5) is 44.8. The lowest BCUT2D eigenvalue weighted by Gasteiger charge is -2.39. The highest BCUT2D eigenvalue weighted by molar-refractivity contribution is 5.98. The molecule has 8 heteroatoms. The summed E-state index contributed by atoms with van der Waals surface area (Å²) in [5.41, 5.74) is -1.97. The molecule has 3 aliphatic heterocycles. The fourth-order valence-corrected chi connectivity index (χ4v) is 6.43. The zero-order valence-electron chi connectivity index (χ0n) is 22.2. The van der Waals surface area contributed by atoms with E-state index in [1.54, 1.807) is 11.0 Å². The molecule has 3 fully saturated rings. The van der Waals surface area contributed by atoms with E-state index >= 15 is 0 Å². The second-order valence-corrected chi connectivity index (χ2v) is 10.6. The Labute approximate surface area is 215 Å². The Morgan fingerprint density at radius 3 is 2.61 bits per heavy atom. The van der Waals surface area contributed by atoms with E-state index < -0.39 is 41.1 Å². The van der Waals surface area contributed by atoms with Gasteiger partial charge in [0.2, 0.25) is 11.8 Å². The number of esters is 1. The van der Waals surface area contributed by atoms with Gasteiger partial charge in [-0.2, -0.15) is 0 Å². The first kappa shape index (κ1) is 28.4. The molecule has 2 amide bonds. The highest BCUT2D eigenvalue weighted by atomic mass is 16.6. The van der Waals surface area contributed by atoms with Gasteiger partial charge in [-0.05, 0) is 51.9 Å². The predicted molar refractivity (Wildman–Crippen MR) is 137 cm³/mol.